The largest absolute Gasteiger partial charge is 0.497 e. The minimum atomic E-state index is 0.714. The molecule has 0 radical (unpaired) electrons. The summed E-state index contributed by atoms with van der Waals surface area (Å²) in [5.41, 5.74) is 1.26. The topological polar surface area (TPSA) is 30.9 Å². The second-order valence-electron chi connectivity index (χ2n) is 5.61. The van der Waals surface area contributed by atoms with Gasteiger partial charge in [0.05, 0.1) is 13.7 Å². The molecule has 2 aromatic rings. The first kappa shape index (κ1) is 15.7. The lowest BCUT2D eigenvalue weighted by Gasteiger charge is -2.19. The molecular formula is C19H23NO3. The average Bonchev–Trinajstić information content (AvgIpc) is 2.81. The van der Waals surface area contributed by atoms with Crippen LogP contribution in [0.4, 0.5) is 0 Å². The molecule has 0 saturated carbocycles. The van der Waals surface area contributed by atoms with Crippen LogP contribution in [0, 0.1) is 0 Å². The zero-order chi connectivity index (χ0) is 15.9. The fourth-order valence-electron chi connectivity index (χ4n) is 2.72. The highest BCUT2D eigenvalue weighted by molar-refractivity contribution is 5.33. The summed E-state index contributed by atoms with van der Waals surface area (Å²) in [6.07, 6.45) is 0.994. The minimum Gasteiger partial charge on any atom is -0.497 e. The molecule has 0 unspecified atom stereocenters. The van der Waals surface area contributed by atoms with Crippen LogP contribution >= 0.6 is 0 Å². The Hall–Kier alpha value is -2.20. The Kier molecular flexibility index (Phi) is 5.37. The first-order valence-electron chi connectivity index (χ1n) is 8.05. The van der Waals surface area contributed by atoms with Crippen LogP contribution in [0.2, 0.25) is 0 Å². The highest BCUT2D eigenvalue weighted by atomic mass is 16.5. The Morgan fingerprint density at radius 3 is 2.65 bits per heavy atom. The van der Waals surface area contributed by atoms with E-state index in [0.717, 1.165) is 49.9 Å². The molecule has 2 aromatic carbocycles. The number of hydrogen-bond donors (Lipinski definition) is 0. The molecule has 0 N–H and O–H groups in total. The molecular weight excluding hydrogens is 290 g/mol. The van der Waals surface area contributed by atoms with Crippen molar-refractivity contribution >= 4 is 0 Å². The van der Waals surface area contributed by atoms with Gasteiger partial charge in [-0.05, 0) is 36.8 Å². The smallest absolute Gasteiger partial charge is 0.123 e. The highest BCUT2D eigenvalue weighted by Crippen LogP contribution is 2.22. The first-order valence-corrected chi connectivity index (χ1v) is 8.05. The predicted molar refractivity (Wildman–Crippen MR) is 90.3 cm³/mol. The lowest BCUT2D eigenvalue weighted by molar-refractivity contribution is 0.206. The summed E-state index contributed by atoms with van der Waals surface area (Å²) in [5.74, 6) is 2.75. The maximum absolute atomic E-state index is 5.79. The molecule has 3 rings (SSSR count). The third-order valence-electron chi connectivity index (χ3n) is 3.98. The van der Waals surface area contributed by atoms with E-state index in [9.17, 15) is 0 Å². The Morgan fingerprint density at radius 1 is 1.04 bits per heavy atom. The van der Waals surface area contributed by atoms with Gasteiger partial charge in [0.25, 0.3) is 0 Å². The fraction of sp³-hybridized carbons (Fsp3) is 0.368. The van der Waals surface area contributed by atoms with Crippen molar-refractivity contribution < 1.29 is 14.2 Å². The molecule has 0 amide bonds. The van der Waals surface area contributed by atoms with Crippen molar-refractivity contribution in [1.29, 1.82) is 0 Å². The van der Waals surface area contributed by atoms with Crippen LogP contribution in [0.5, 0.6) is 17.2 Å². The van der Waals surface area contributed by atoms with Crippen LogP contribution in [-0.2, 0) is 6.54 Å². The number of fused-ring (bicyclic) bond motifs is 1. The SMILES string of the molecule is COc1ccc(OCCCN2CCOc3ccccc3C2)cc1. The van der Waals surface area contributed by atoms with E-state index in [1.807, 2.05) is 36.4 Å². The number of nitrogens with zero attached hydrogens (tertiary/aromatic N) is 1. The van der Waals surface area contributed by atoms with Crippen LogP contribution in [-0.4, -0.2) is 38.3 Å². The zero-order valence-electron chi connectivity index (χ0n) is 13.5. The molecule has 0 aromatic heterocycles. The van der Waals surface area contributed by atoms with E-state index in [1.165, 1.54) is 5.56 Å². The first-order chi connectivity index (χ1) is 11.3. The Morgan fingerprint density at radius 2 is 1.83 bits per heavy atom. The van der Waals surface area contributed by atoms with Crippen LogP contribution in [0.25, 0.3) is 0 Å². The molecule has 1 aliphatic heterocycles. The van der Waals surface area contributed by atoms with Crippen molar-refractivity contribution in [1.82, 2.24) is 4.90 Å². The molecule has 4 nitrogen and oxygen atoms in total. The van der Waals surface area contributed by atoms with Gasteiger partial charge in [0.2, 0.25) is 0 Å². The summed E-state index contributed by atoms with van der Waals surface area (Å²) in [4.78, 5) is 2.42. The summed E-state index contributed by atoms with van der Waals surface area (Å²) in [6, 6.07) is 16.0. The van der Waals surface area contributed by atoms with Gasteiger partial charge in [-0.3, -0.25) is 4.90 Å². The molecule has 0 atom stereocenters. The number of para-hydroxylation sites is 1. The summed E-state index contributed by atoms with van der Waals surface area (Å²) in [5, 5.41) is 0. The van der Waals surface area contributed by atoms with E-state index < -0.39 is 0 Å². The molecule has 0 bridgehead atoms. The molecule has 0 spiro atoms. The van der Waals surface area contributed by atoms with E-state index in [0.29, 0.717) is 6.61 Å². The normalized spacial score (nSPS) is 14.5. The predicted octanol–water partition coefficient (Wildman–Crippen LogP) is 3.36. The summed E-state index contributed by atoms with van der Waals surface area (Å²) < 4.78 is 16.7. The van der Waals surface area contributed by atoms with Gasteiger partial charge in [-0.2, -0.15) is 0 Å². The monoisotopic (exact) mass is 313 g/mol. The van der Waals surface area contributed by atoms with Gasteiger partial charge in [0.15, 0.2) is 0 Å². The summed E-state index contributed by atoms with van der Waals surface area (Å²) in [7, 11) is 1.67. The lowest BCUT2D eigenvalue weighted by Crippen LogP contribution is -2.27. The summed E-state index contributed by atoms with van der Waals surface area (Å²) in [6.45, 7) is 4.37. The number of hydrogen-bond acceptors (Lipinski definition) is 4. The maximum atomic E-state index is 5.79. The van der Waals surface area contributed by atoms with E-state index in [4.69, 9.17) is 14.2 Å². The van der Waals surface area contributed by atoms with Gasteiger partial charge in [0.1, 0.15) is 23.9 Å². The van der Waals surface area contributed by atoms with Crippen molar-refractivity contribution in [3.8, 4) is 17.2 Å². The van der Waals surface area contributed by atoms with Crippen molar-refractivity contribution in [3.63, 3.8) is 0 Å². The van der Waals surface area contributed by atoms with E-state index in [2.05, 4.69) is 17.0 Å². The maximum Gasteiger partial charge on any atom is 0.123 e. The molecule has 23 heavy (non-hydrogen) atoms. The molecule has 1 aliphatic rings. The third-order valence-corrected chi connectivity index (χ3v) is 3.98. The van der Waals surface area contributed by atoms with Crippen LogP contribution < -0.4 is 14.2 Å². The van der Waals surface area contributed by atoms with Crippen LogP contribution in [0.1, 0.15) is 12.0 Å². The quantitative estimate of drug-likeness (QED) is 0.765. The average molecular weight is 313 g/mol. The second kappa shape index (κ2) is 7.88. The van der Waals surface area contributed by atoms with Gasteiger partial charge in [-0.15, -0.1) is 0 Å². The Bertz CT molecular complexity index is 612. The number of ether oxygens (including phenoxy) is 3. The van der Waals surface area contributed by atoms with E-state index >= 15 is 0 Å². The molecule has 122 valence electrons. The fourth-order valence-corrected chi connectivity index (χ4v) is 2.72. The van der Waals surface area contributed by atoms with Gasteiger partial charge in [-0.1, -0.05) is 18.2 Å². The van der Waals surface area contributed by atoms with Crippen molar-refractivity contribution in [2.24, 2.45) is 0 Å². The van der Waals surface area contributed by atoms with Crippen LogP contribution in [0.15, 0.2) is 48.5 Å². The molecule has 4 heteroatoms. The second-order valence-corrected chi connectivity index (χ2v) is 5.61. The standard InChI is InChI=1S/C19H23NO3/c1-21-17-7-9-18(10-8-17)22-13-4-11-20-12-14-23-19-6-3-2-5-16(19)15-20/h2-3,5-10H,4,11-15H2,1H3. The minimum absolute atomic E-state index is 0.714. The molecule has 0 aliphatic carbocycles. The number of benzene rings is 2. The summed E-state index contributed by atoms with van der Waals surface area (Å²) >= 11 is 0. The molecule has 0 saturated heterocycles. The van der Waals surface area contributed by atoms with Gasteiger partial charge < -0.3 is 14.2 Å². The Balaban J connectivity index is 1.43. The van der Waals surface area contributed by atoms with Gasteiger partial charge in [-0.25, -0.2) is 0 Å². The van der Waals surface area contributed by atoms with Gasteiger partial charge in [0, 0.05) is 25.2 Å². The van der Waals surface area contributed by atoms with Crippen LogP contribution in [0.3, 0.4) is 0 Å². The Labute approximate surface area is 137 Å². The number of rotatable bonds is 6. The van der Waals surface area contributed by atoms with Crippen molar-refractivity contribution in [2.75, 3.05) is 33.4 Å². The lowest BCUT2D eigenvalue weighted by atomic mass is 10.2. The zero-order valence-corrected chi connectivity index (χ0v) is 13.5. The third kappa shape index (κ3) is 4.39. The highest BCUT2D eigenvalue weighted by Gasteiger charge is 2.14. The van der Waals surface area contributed by atoms with Crippen molar-refractivity contribution in [3.05, 3.63) is 54.1 Å². The van der Waals surface area contributed by atoms with E-state index in [1.54, 1.807) is 7.11 Å². The van der Waals surface area contributed by atoms with E-state index in [-0.39, 0.29) is 0 Å². The molecule has 1 heterocycles. The van der Waals surface area contributed by atoms with Gasteiger partial charge >= 0.3 is 0 Å². The number of methoxy groups -OCH3 is 1. The molecule has 0 fully saturated rings. The van der Waals surface area contributed by atoms with Crippen molar-refractivity contribution in [2.45, 2.75) is 13.0 Å².